The van der Waals surface area contributed by atoms with E-state index in [-0.39, 0.29) is 17.4 Å². The normalized spacial score (nSPS) is 11.6. The monoisotopic (exact) mass is 398 g/mol. The number of nitrogens with zero attached hydrogens (tertiary/aromatic N) is 1. The predicted octanol–water partition coefficient (Wildman–Crippen LogP) is 2.85. The number of hydrogen-bond acceptors (Lipinski definition) is 6. The van der Waals surface area contributed by atoms with Crippen LogP contribution in [0.25, 0.3) is 11.3 Å². The van der Waals surface area contributed by atoms with E-state index in [1.807, 2.05) is 0 Å². The first-order valence-electron chi connectivity index (χ1n) is 8.36. The molecule has 2 heterocycles. The van der Waals surface area contributed by atoms with Crippen LogP contribution in [0.3, 0.4) is 0 Å². The number of carbonyl (C=O) groups is 3. The van der Waals surface area contributed by atoms with E-state index < -0.39 is 12.0 Å². The maximum absolute atomic E-state index is 12.4. The van der Waals surface area contributed by atoms with E-state index in [0.29, 0.717) is 27.7 Å². The minimum absolute atomic E-state index is 0.0814. The van der Waals surface area contributed by atoms with Crippen LogP contribution in [-0.4, -0.2) is 33.7 Å². The highest BCUT2D eigenvalue weighted by Gasteiger charge is 2.17. The number of nitrogens with two attached hydrogens (primary N) is 1. The summed E-state index contributed by atoms with van der Waals surface area (Å²) in [5, 5.41) is 4.85. The van der Waals surface area contributed by atoms with Crippen LogP contribution in [0.4, 0.5) is 5.13 Å². The summed E-state index contributed by atoms with van der Waals surface area (Å²) >= 11 is 1.25. The molecule has 0 saturated heterocycles. The van der Waals surface area contributed by atoms with Crippen molar-refractivity contribution in [3.63, 3.8) is 0 Å². The SMILES string of the molecule is CC(=O)c1cccc(OC(C)C(=O)Nc2nc(-c3c[nH]c(C(N)=O)c3)cs2)c1. The molecule has 1 unspecified atom stereocenters. The fourth-order valence-corrected chi connectivity index (χ4v) is 3.12. The maximum Gasteiger partial charge on any atom is 0.266 e. The Bertz CT molecular complexity index is 1040. The number of aromatic amines is 1. The van der Waals surface area contributed by atoms with Gasteiger partial charge in [0.15, 0.2) is 17.0 Å². The summed E-state index contributed by atoms with van der Waals surface area (Å²) in [7, 11) is 0. The second-order valence-corrected chi connectivity index (χ2v) is 6.90. The Labute approximate surface area is 164 Å². The molecule has 0 aliphatic heterocycles. The van der Waals surface area contributed by atoms with Crippen LogP contribution in [0.5, 0.6) is 5.75 Å². The number of ether oxygens (including phenoxy) is 1. The summed E-state index contributed by atoms with van der Waals surface area (Å²) in [6.45, 7) is 3.07. The van der Waals surface area contributed by atoms with E-state index in [4.69, 9.17) is 10.5 Å². The number of aromatic nitrogens is 2. The third-order valence-corrected chi connectivity index (χ3v) is 4.66. The van der Waals surface area contributed by atoms with Gasteiger partial charge in [-0.25, -0.2) is 4.98 Å². The highest BCUT2D eigenvalue weighted by atomic mass is 32.1. The van der Waals surface area contributed by atoms with Gasteiger partial charge in [-0.05, 0) is 32.0 Å². The molecule has 4 N–H and O–H groups in total. The number of carbonyl (C=O) groups excluding carboxylic acids is 3. The first kappa shape index (κ1) is 19.3. The zero-order chi connectivity index (χ0) is 20.3. The molecule has 1 aromatic carbocycles. The van der Waals surface area contributed by atoms with Gasteiger partial charge in [-0.3, -0.25) is 19.7 Å². The van der Waals surface area contributed by atoms with Crippen molar-refractivity contribution in [1.82, 2.24) is 9.97 Å². The minimum atomic E-state index is -0.789. The van der Waals surface area contributed by atoms with Crippen LogP contribution >= 0.6 is 11.3 Å². The van der Waals surface area contributed by atoms with Gasteiger partial charge in [0.05, 0.1) is 5.69 Å². The molecule has 3 aromatic rings. The Kier molecular flexibility index (Phi) is 5.55. The molecule has 144 valence electrons. The average Bonchev–Trinajstić information content (AvgIpc) is 3.31. The molecule has 0 saturated carbocycles. The Morgan fingerprint density at radius 2 is 2.07 bits per heavy atom. The standard InChI is InChI=1S/C19H18N4O4S/c1-10(24)12-4-3-5-14(6-12)27-11(2)18(26)23-19-22-16(9-28-19)13-7-15(17(20)25)21-8-13/h3-9,11,21H,1-2H3,(H2,20,25)(H,22,23,26). The number of hydrogen-bond donors (Lipinski definition) is 3. The molecular weight excluding hydrogens is 380 g/mol. The zero-order valence-electron chi connectivity index (χ0n) is 15.2. The van der Waals surface area contributed by atoms with Crippen molar-refractivity contribution in [2.75, 3.05) is 5.32 Å². The third-order valence-electron chi connectivity index (χ3n) is 3.90. The van der Waals surface area contributed by atoms with Crippen LogP contribution in [0.1, 0.15) is 34.7 Å². The number of Topliss-reactive ketones (excluding diaryl/α,β-unsaturated/α-hetero) is 1. The van der Waals surface area contributed by atoms with Crippen LogP contribution in [-0.2, 0) is 4.79 Å². The Morgan fingerprint density at radius 1 is 1.29 bits per heavy atom. The van der Waals surface area contributed by atoms with Crippen molar-refractivity contribution >= 4 is 34.1 Å². The van der Waals surface area contributed by atoms with Gasteiger partial charge in [-0.1, -0.05) is 12.1 Å². The van der Waals surface area contributed by atoms with E-state index in [2.05, 4.69) is 15.3 Å². The van der Waals surface area contributed by atoms with Gasteiger partial charge in [-0.15, -0.1) is 11.3 Å². The number of nitrogens with one attached hydrogen (secondary N) is 2. The molecule has 8 nitrogen and oxygen atoms in total. The number of primary amides is 1. The third kappa shape index (κ3) is 4.44. The Morgan fingerprint density at radius 3 is 2.75 bits per heavy atom. The number of ketones is 1. The summed E-state index contributed by atoms with van der Waals surface area (Å²) in [5.74, 6) is -0.584. The Balaban J connectivity index is 1.64. The van der Waals surface area contributed by atoms with E-state index in [1.165, 1.54) is 18.3 Å². The summed E-state index contributed by atoms with van der Waals surface area (Å²) in [6, 6.07) is 8.25. The molecule has 1 atom stereocenters. The van der Waals surface area contributed by atoms with Gasteiger partial charge in [0.2, 0.25) is 0 Å². The largest absolute Gasteiger partial charge is 0.481 e. The summed E-state index contributed by atoms with van der Waals surface area (Å²) in [4.78, 5) is 42.1. The van der Waals surface area contributed by atoms with Gasteiger partial charge < -0.3 is 15.5 Å². The molecule has 2 amide bonds. The maximum atomic E-state index is 12.4. The second-order valence-electron chi connectivity index (χ2n) is 6.04. The van der Waals surface area contributed by atoms with Gasteiger partial charge in [0.25, 0.3) is 11.8 Å². The number of H-pyrrole nitrogens is 1. The van der Waals surface area contributed by atoms with Crippen molar-refractivity contribution < 1.29 is 19.1 Å². The lowest BCUT2D eigenvalue weighted by atomic mass is 10.1. The molecule has 0 aliphatic rings. The van der Waals surface area contributed by atoms with Crippen LogP contribution in [0.15, 0.2) is 41.9 Å². The topological polar surface area (TPSA) is 127 Å². The fraction of sp³-hybridized carbons (Fsp3) is 0.158. The van der Waals surface area contributed by atoms with Gasteiger partial charge in [-0.2, -0.15) is 0 Å². The minimum Gasteiger partial charge on any atom is -0.481 e. The van der Waals surface area contributed by atoms with Crippen molar-refractivity contribution in [3.8, 4) is 17.0 Å². The summed E-state index contributed by atoms with van der Waals surface area (Å²) < 4.78 is 5.62. The second kappa shape index (κ2) is 8.05. The number of rotatable bonds is 7. The number of amides is 2. The zero-order valence-corrected chi connectivity index (χ0v) is 16.0. The van der Waals surface area contributed by atoms with E-state index in [1.54, 1.807) is 48.8 Å². The van der Waals surface area contributed by atoms with E-state index in [9.17, 15) is 14.4 Å². The smallest absolute Gasteiger partial charge is 0.266 e. The molecule has 0 aliphatic carbocycles. The van der Waals surface area contributed by atoms with Gasteiger partial charge in [0.1, 0.15) is 11.4 Å². The molecule has 3 rings (SSSR count). The van der Waals surface area contributed by atoms with Crippen molar-refractivity contribution in [1.29, 1.82) is 0 Å². The molecule has 2 aromatic heterocycles. The molecule has 9 heteroatoms. The lowest BCUT2D eigenvalue weighted by molar-refractivity contribution is -0.122. The molecule has 0 spiro atoms. The van der Waals surface area contributed by atoms with Crippen molar-refractivity contribution in [3.05, 3.63) is 53.2 Å². The van der Waals surface area contributed by atoms with Gasteiger partial charge in [0, 0.05) is 22.7 Å². The highest BCUT2D eigenvalue weighted by molar-refractivity contribution is 7.14. The van der Waals surface area contributed by atoms with Crippen LogP contribution in [0.2, 0.25) is 0 Å². The molecular formula is C19H18N4O4S. The van der Waals surface area contributed by atoms with Crippen molar-refractivity contribution in [2.24, 2.45) is 5.73 Å². The molecule has 0 bridgehead atoms. The average molecular weight is 398 g/mol. The Hall–Kier alpha value is -3.46. The number of benzene rings is 1. The molecule has 0 fully saturated rings. The van der Waals surface area contributed by atoms with E-state index >= 15 is 0 Å². The van der Waals surface area contributed by atoms with Crippen LogP contribution < -0.4 is 15.8 Å². The number of thiazole rings is 1. The molecule has 0 radical (unpaired) electrons. The van der Waals surface area contributed by atoms with E-state index in [0.717, 1.165) is 0 Å². The lowest BCUT2D eigenvalue weighted by Gasteiger charge is -2.14. The lowest BCUT2D eigenvalue weighted by Crippen LogP contribution is -2.30. The fourth-order valence-electron chi connectivity index (χ4n) is 2.40. The van der Waals surface area contributed by atoms with Crippen LogP contribution in [0, 0.1) is 0 Å². The molecule has 28 heavy (non-hydrogen) atoms. The number of anilines is 1. The summed E-state index contributed by atoms with van der Waals surface area (Å²) in [5.41, 5.74) is 7.31. The summed E-state index contributed by atoms with van der Waals surface area (Å²) in [6.07, 6.45) is 0.831. The predicted molar refractivity (Wildman–Crippen MR) is 106 cm³/mol. The highest BCUT2D eigenvalue weighted by Crippen LogP contribution is 2.26. The van der Waals surface area contributed by atoms with Crippen molar-refractivity contribution in [2.45, 2.75) is 20.0 Å². The first-order valence-corrected chi connectivity index (χ1v) is 9.24. The first-order chi connectivity index (χ1) is 13.3. The quantitative estimate of drug-likeness (QED) is 0.527. The van der Waals surface area contributed by atoms with Gasteiger partial charge >= 0.3 is 0 Å².